The van der Waals surface area contributed by atoms with Crippen molar-refractivity contribution in [3.8, 4) is 28.1 Å². The fraction of sp³-hybridized carbons (Fsp3) is 0.211. The van der Waals surface area contributed by atoms with Crippen molar-refractivity contribution in [3.05, 3.63) is 48.2 Å². The lowest BCUT2D eigenvalue weighted by atomic mass is 10.0. The van der Waals surface area contributed by atoms with E-state index in [1.165, 1.54) is 0 Å². The van der Waals surface area contributed by atoms with Crippen LogP contribution in [0.1, 0.15) is 11.5 Å². The maximum atomic E-state index is 5.67. The molecule has 4 aromatic rings. The van der Waals surface area contributed by atoms with Gasteiger partial charge in [0.25, 0.3) is 0 Å². The molecule has 0 amide bonds. The molecule has 1 aromatic carbocycles. The third-order valence-electron chi connectivity index (χ3n) is 4.45. The minimum atomic E-state index is 0.732. The van der Waals surface area contributed by atoms with E-state index in [0.717, 1.165) is 51.1 Å². The molecule has 3 heterocycles. The van der Waals surface area contributed by atoms with Gasteiger partial charge >= 0.3 is 0 Å². The number of nitrogens with zero attached hydrogens (tertiary/aromatic N) is 4. The molecule has 0 atom stereocenters. The number of nitrogens with one attached hydrogen (secondary N) is 1. The number of hydrogen-bond acceptors (Lipinski definition) is 6. The first kappa shape index (κ1) is 16.1. The number of aryl methyl sites for hydroxylation is 2. The zero-order chi connectivity index (χ0) is 18.3. The van der Waals surface area contributed by atoms with E-state index in [1.807, 2.05) is 49.7 Å². The van der Waals surface area contributed by atoms with E-state index in [1.54, 1.807) is 19.5 Å². The van der Waals surface area contributed by atoms with Crippen molar-refractivity contribution in [1.82, 2.24) is 19.5 Å². The lowest BCUT2D eigenvalue weighted by Crippen LogP contribution is -1.97. The van der Waals surface area contributed by atoms with Crippen LogP contribution in [0.15, 0.2) is 41.3 Å². The van der Waals surface area contributed by atoms with Crippen LogP contribution in [-0.2, 0) is 0 Å². The van der Waals surface area contributed by atoms with Crippen molar-refractivity contribution in [1.29, 1.82) is 0 Å². The molecular weight excluding hydrogens is 330 g/mol. The van der Waals surface area contributed by atoms with Crippen LogP contribution in [0, 0.1) is 13.8 Å². The largest absolute Gasteiger partial charge is 0.496 e. The highest BCUT2D eigenvalue weighted by Gasteiger charge is 2.19. The zero-order valence-corrected chi connectivity index (χ0v) is 15.1. The molecule has 0 aliphatic heterocycles. The molecule has 0 radical (unpaired) electrons. The normalized spacial score (nSPS) is 11.1. The van der Waals surface area contributed by atoms with Crippen molar-refractivity contribution in [2.75, 3.05) is 19.5 Å². The molecule has 0 aliphatic carbocycles. The van der Waals surface area contributed by atoms with Gasteiger partial charge in [0.15, 0.2) is 5.65 Å². The van der Waals surface area contributed by atoms with E-state index < -0.39 is 0 Å². The molecule has 0 aliphatic rings. The Labute approximate surface area is 150 Å². The van der Waals surface area contributed by atoms with Crippen LogP contribution in [0.2, 0.25) is 0 Å². The Morgan fingerprint density at radius 3 is 2.77 bits per heavy atom. The molecule has 7 nitrogen and oxygen atoms in total. The molecular formula is C19H19N5O2. The highest BCUT2D eigenvalue weighted by molar-refractivity contribution is 5.83. The van der Waals surface area contributed by atoms with Crippen LogP contribution in [0.3, 0.4) is 0 Å². The van der Waals surface area contributed by atoms with E-state index in [4.69, 9.17) is 14.2 Å². The first-order valence-corrected chi connectivity index (χ1v) is 8.25. The SMILES string of the molecule is CNc1c(-c2ccc(-c3c(C)noc3C)cc2OC)nc2cnccn12. The molecule has 26 heavy (non-hydrogen) atoms. The van der Waals surface area contributed by atoms with Gasteiger partial charge in [-0.3, -0.25) is 9.38 Å². The maximum Gasteiger partial charge on any atom is 0.157 e. The summed E-state index contributed by atoms with van der Waals surface area (Å²) in [6.07, 6.45) is 5.34. The van der Waals surface area contributed by atoms with Crippen LogP contribution in [-0.4, -0.2) is 33.7 Å². The first-order valence-electron chi connectivity index (χ1n) is 8.25. The molecule has 0 bridgehead atoms. The fourth-order valence-corrected chi connectivity index (χ4v) is 3.27. The first-order chi connectivity index (χ1) is 12.6. The number of anilines is 1. The number of benzene rings is 1. The van der Waals surface area contributed by atoms with Crippen LogP contribution >= 0.6 is 0 Å². The predicted molar refractivity (Wildman–Crippen MR) is 99.5 cm³/mol. The summed E-state index contributed by atoms with van der Waals surface area (Å²) in [5.41, 5.74) is 5.32. The highest BCUT2D eigenvalue weighted by atomic mass is 16.5. The van der Waals surface area contributed by atoms with Crippen molar-refractivity contribution >= 4 is 11.5 Å². The van der Waals surface area contributed by atoms with E-state index in [0.29, 0.717) is 0 Å². The fourth-order valence-electron chi connectivity index (χ4n) is 3.27. The summed E-state index contributed by atoms with van der Waals surface area (Å²) < 4.78 is 12.9. The minimum absolute atomic E-state index is 0.732. The Morgan fingerprint density at radius 2 is 2.08 bits per heavy atom. The van der Waals surface area contributed by atoms with Gasteiger partial charge in [-0.25, -0.2) is 4.98 Å². The van der Waals surface area contributed by atoms with Crippen LogP contribution in [0.4, 0.5) is 5.82 Å². The highest BCUT2D eigenvalue weighted by Crippen LogP contribution is 2.38. The van der Waals surface area contributed by atoms with Gasteiger partial charge in [-0.1, -0.05) is 11.2 Å². The second kappa shape index (κ2) is 6.18. The van der Waals surface area contributed by atoms with Gasteiger partial charge < -0.3 is 14.6 Å². The van der Waals surface area contributed by atoms with E-state index in [9.17, 15) is 0 Å². The van der Waals surface area contributed by atoms with Crippen molar-refractivity contribution < 1.29 is 9.26 Å². The van der Waals surface area contributed by atoms with Crippen molar-refractivity contribution in [2.24, 2.45) is 0 Å². The summed E-state index contributed by atoms with van der Waals surface area (Å²) >= 11 is 0. The maximum absolute atomic E-state index is 5.67. The Kier molecular flexibility index (Phi) is 3.84. The Hall–Kier alpha value is -3.35. The van der Waals surface area contributed by atoms with Gasteiger partial charge in [0.2, 0.25) is 0 Å². The molecule has 4 rings (SSSR count). The third-order valence-corrected chi connectivity index (χ3v) is 4.45. The Morgan fingerprint density at radius 1 is 1.23 bits per heavy atom. The van der Waals surface area contributed by atoms with Gasteiger partial charge in [0, 0.05) is 30.6 Å². The average Bonchev–Trinajstić information content (AvgIpc) is 3.20. The Balaban J connectivity index is 1.91. The second-order valence-corrected chi connectivity index (χ2v) is 5.98. The van der Waals surface area contributed by atoms with Crippen LogP contribution in [0.25, 0.3) is 28.0 Å². The smallest absolute Gasteiger partial charge is 0.157 e. The summed E-state index contributed by atoms with van der Waals surface area (Å²) in [7, 11) is 3.53. The molecule has 0 unspecified atom stereocenters. The molecule has 1 N–H and O–H groups in total. The number of fused-ring (bicyclic) bond motifs is 1. The second-order valence-electron chi connectivity index (χ2n) is 5.98. The van der Waals surface area contributed by atoms with Gasteiger partial charge in [-0.2, -0.15) is 0 Å². The standard InChI is InChI=1S/C19H19N5O2/c1-11-17(12(2)26-23-11)13-5-6-14(15(9-13)25-4)18-19(20-3)24-8-7-21-10-16(24)22-18/h5-10,20H,1-4H3. The van der Waals surface area contributed by atoms with Gasteiger partial charge in [-0.05, 0) is 31.5 Å². The number of methoxy groups -OCH3 is 1. The summed E-state index contributed by atoms with van der Waals surface area (Å²) in [6.45, 7) is 3.84. The molecule has 132 valence electrons. The molecule has 7 heteroatoms. The lowest BCUT2D eigenvalue weighted by molar-refractivity contribution is 0.393. The minimum Gasteiger partial charge on any atom is -0.496 e. The number of aromatic nitrogens is 4. The van der Waals surface area contributed by atoms with Crippen molar-refractivity contribution in [2.45, 2.75) is 13.8 Å². The van der Waals surface area contributed by atoms with Gasteiger partial charge in [0.1, 0.15) is 23.0 Å². The Bertz CT molecular complexity index is 1080. The van der Waals surface area contributed by atoms with Crippen molar-refractivity contribution in [3.63, 3.8) is 0 Å². The average molecular weight is 349 g/mol. The molecule has 0 saturated carbocycles. The molecule has 0 spiro atoms. The zero-order valence-electron chi connectivity index (χ0n) is 15.1. The van der Waals surface area contributed by atoms with Gasteiger partial charge in [0.05, 0.1) is 19.0 Å². The van der Waals surface area contributed by atoms with Crippen LogP contribution in [0.5, 0.6) is 5.75 Å². The monoisotopic (exact) mass is 349 g/mol. The number of rotatable bonds is 4. The topological polar surface area (TPSA) is 77.5 Å². The molecule has 3 aromatic heterocycles. The van der Waals surface area contributed by atoms with E-state index in [2.05, 4.69) is 15.5 Å². The number of hydrogen-bond donors (Lipinski definition) is 1. The molecule has 0 fully saturated rings. The summed E-state index contributed by atoms with van der Waals surface area (Å²) in [5, 5.41) is 7.26. The van der Waals surface area contributed by atoms with Crippen LogP contribution < -0.4 is 10.1 Å². The third kappa shape index (κ3) is 2.40. The van der Waals surface area contributed by atoms with E-state index >= 15 is 0 Å². The summed E-state index contributed by atoms with van der Waals surface area (Å²) in [5.74, 6) is 2.40. The molecule has 0 saturated heterocycles. The predicted octanol–water partition coefficient (Wildman–Crippen LogP) is 3.72. The van der Waals surface area contributed by atoms with E-state index in [-0.39, 0.29) is 0 Å². The quantitative estimate of drug-likeness (QED) is 0.605. The number of ether oxygens (including phenoxy) is 1. The summed E-state index contributed by atoms with van der Waals surface area (Å²) in [6, 6.07) is 6.03. The number of imidazole rings is 1. The summed E-state index contributed by atoms with van der Waals surface area (Å²) in [4.78, 5) is 8.86. The van der Waals surface area contributed by atoms with Gasteiger partial charge in [-0.15, -0.1) is 0 Å². The lowest BCUT2D eigenvalue weighted by Gasteiger charge is -2.11.